The van der Waals surface area contributed by atoms with E-state index in [1.807, 2.05) is 30.7 Å². The molecule has 0 unspecified atom stereocenters. The van der Waals surface area contributed by atoms with E-state index in [9.17, 15) is 0 Å². The molecule has 4 heteroatoms. The van der Waals surface area contributed by atoms with Crippen molar-refractivity contribution >= 4 is 10.9 Å². The Labute approximate surface area is 164 Å². The van der Waals surface area contributed by atoms with Gasteiger partial charge in [-0.2, -0.15) is 0 Å². The lowest BCUT2D eigenvalue weighted by Gasteiger charge is -2.19. The first-order chi connectivity index (χ1) is 13.8. The van der Waals surface area contributed by atoms with Crippen molar-refractivity contribution in [1.29, 1.82) is 0 Å². The second-order valence-electron chi connectivity index (χ2n) is 7.36. The summed E-state index contributed by atoms with van der Waals surface area (Å²) in [6.07, 6.45) is 6.79. The molecule has 3 heterocycles. The molecule has 0 saturated heterocycles. The Bertz CT molecular complexity index is 1120. The van der Waals surface area contributed by atoms with Crippen LogP contribution in [0.5, 0.6) is 5.75 Å². The fraction of sp³-hybridized carbons (Fsp3) is 0.208. The second kappa shape index (κ2) is 7.13. The van der Waals surface area contributed by atoms with Crippen molar-refractivity contribution in [3.8, 4) is 16.9 Å². The van der Waals surface area contributed by atoms with Crippen molar-refractivity contribution in [2.45, 2.75) is 26.0 Å². The standard InChI is InChI=1S/C24H23N3O/c1-16(19-7-10-25-14-19)28-24-13-20(12-23-22(24)3-2-8-27-23)18-5-4-17-6-9-26-15-21(17)11-18/h2-5,7-8,10-14,16,25-26H,6,9,15H2,1H3/t16-/m1/s1. The minimum atomic E-state index is -0.0439. The molecule has 0 amide bonds. The molecule has 0 spiro atoms. The molecule has 2 aromatic carbocycles. The van der Waals surface area contributed by atoms with Gasteiger partial charge in [0.15, 0.2) is 0 Å². The average molecular weight is 369 g/mol. The summed E-state index contributed by atoms with van der Waals surface area (Å²) < 4.78 is 6.37. The topological polar surface area (TPSA) is 49.9 Å². The summed E-state index contributed by atoms with van der Waals surface area (Å²) in [5.74, 6) is 0.866. The minimum absolute atomic E-state index is 0.0439. The fourth-order valence-electron chi connectivity index (χ4n) is 3.92. The summed E-state index contributed by atoms with van der Waals surface area (Å²) in [5, 5.41) is 4.50. The number of nitrogens with one attached hydrogen (secondary N) is 2. The monoisotopic (exact) mass is 369 g/mol. The summed E-state index contributed by atoms with van der Waals surface area (Å²) >= 11 is 0. The van der Waals surface area contributed by atoms with Crippen molar-refractivity contribution in [3.05, 3.63) is 83.8 Å². The van der Waals surface area contributed by atoms with E-state index in [-0.39, 0.29) is 6.10 Å². The number of nitrogens with zero attached hydrogens (tertiary/aromatic N) is 1. The molecule has 0 radical (unpaired) electrons. The number of H-pyrrole nitrogens is 1. The van der Waals surface area contributed by atoms with Crippen molar-refractivity contribution in [2.75, 3.05) is 6.54 Å². The molecule has 1 atom stereocenters. The number of aromatic nitrogens is 2. The summed E-state index contributed by atoms with van der Waals surface area (Å²) in [5.41, 5.74) is 7.24. The third-order valence-corrected chi connectivity index (χ3v) is 5.50. The Morgan fingerprint density at radius 1 is 1.04 bits per heavy atom. The van der Waals surface area contributed by atoms with Crippen molar-refractivity contribution in [3.63, 3.8) is 0 Å². The quantitative estimate of drug-likeness (QED) is 0.531. The lowest BCUT2D eigenvalue weighted by Crippen LogP contribution is -2.23. The molecule has 4 nitrogen and oxygen atoms in total. The smallest absolute Gasteiger partial charge is 0.130 e. The van der Waals surface area contributed by atoms with Gasteiger partial charge in [0.05, 0.1) is 5.52 Å². The van der Waals surface area contributed by atoms with Crippen LogP contribution >= 0.6 is 0 Å². The van der Waals surface area contributed by atoms with Gasteiger partial charge >= 0.3 is 0 Å². The molecule has 2 aromatic heterocycles. The highest BCUT2D eigenvalue weighted by Crippen LogP contribution is 2.35. The van der Waals surface area contributed by atoms with Gasteiger partial charge in [0.2, 0.25) is 0 Å². The molecule has 1 aliphatic rings. The number of rotatable bonds is 4. The number of ether oxygens (including phenoxy) is 1. The molecular formula is C24H23N3O. The maximum absolute atomic E-state index is 6.37. The van der Waals surface area contributed by atoms with Gasteiger partial charge in [-0.05, 0) is 78.5 Å². The van der Waals surface area contributed by atoms with Crippen LogP contribution in [0.25, 0.3) is 22.0 Å². The Morgan fingerprint density at radius 2 is 2.00 bits per heavy atom. The first kappa shape index (κ1) is 17.0. The first-order valence-electron chi connectivity index (χ1n) is 9.79. The van der Waals surface area contributed by atoms with Gasteiger partial charge in [-0.3, -0.25) is 4.98 Å². The zero-order valence-electron chi connectivity index (χ0n) is 15.9. The summed E-state index contributed by atoms with van der Waals surface area (Å²) in [6.45, 7) is 4.06. The van der Waals surface area contributed by atoms with E-state index in [1.165, 1.54) is 16.7 Å². The largest absolute Gasteiger partial charge is 0.485 e. The summed E-state index contributed by atoms with van der Waals surface area (Å²) in [4.78, 5) is 7.69. The van der Waals surface area contributed by atoms with Gasteiger partial charge < -0.3 is 15.0 Å². The van der Waals surface area contributed by atoms with Crippen LogP contribution in [-0.2, 0) is 13.0 Å². The van der Waals surface area contributed by atoms with Crippen LogP contribution in [0.1, 0.15) is 29.7 Å². The van der Waals surface area contributed by atoms with Crippen molar-refractivity contribution in [1.82, 2.24) is 15.3 Å². The number of aromatic amines is 1. The van der Waals surface area contributed by atoms with E-state index in [0.717, 1.165) is 47.3 Å². The van der Waals surface area contributed by atoms with Gasteiger partial charge in [0.1, 0.15) is 11.9 Å². The van der Waals surface area contributed by atoms with Crippen LogP contribution in [0.3, 0.4) is 0 Å². The normalized spacial score (nSPS) is 14.6. The Morgan fingerprint density at radius 3 is 2.89 bits per heavy atom. The van der Waals surface area contributed by atoms with Crippen LogP contribution in [0, 0.1) is 0 Å². The molecule has 140 valence electrons. The highest BCUT2D eigenvalue weighted by molar-refractivity contribution is 5.90. The van der Waals surface area contributed by atoms with Crippen LogP contribution in [-0.4, -0.2) is 16.5 Å². The van der Waals surface area contributed by atoms with E-state index >= 15 is 0 Å². The molecule has 5 rings (SSSR count). The Hall–Kier alpha value is -3.11. The molecule has 0 fully saturated rings. The molecule has 1 aliphatic heterocycles. The van der Waals surface area contributed by atoms with E-state index in [2.05, 4.69) is 58.6 Å². The van der Waals surface area contributed by atoms with Crippen LogP contribution in [0.15, 0.2) is 67.1 Å². The Kier molecular flexibility index (Phi) is 4.34. The van der Waals surface area contributed by atoms with E-state index in [0.29, 0.717) is 0 Å². The summed E-state index contributed by atoms with van der Waals surface area (Å²) in [6, 6.07) is 17.1. The van der Waals surface area contributed by atoms with Gasteiger partial charge in [-0.1, -0.05) is 12.1 Å². The number of fused-ring (bicyclic) bond motifs is 2. The molecule has 4 aromatic rings. The zero-order valence-corrected chi connectivity index (χ0v) is 15.9. The van der Waals surface area contributed by atoms with Crippen LogP contribution < -0.4 is 10.1 Å². The Balaban J connectivity index is 1.58. The van der Waals surface area contributed by atoms with Gasteiger partial charge in [-0.25, -0.2) is 0 Å². The maximum atomic E-state index is 6.37. The van der Waals surface area contributed by atoms with Crippen LogP contribution in [0.4, 0.5) is 0 Å². The molecule has 0 aliphatic carbocycles. The number of benzene rings is 2. The van der Waals surface area contributed by atoms with Gasteiger partial charge in [0, 0.05) is 36.1 Å². The second-order valence-corrected chi connectivity index (χ2v) is 7.36. The number of hydrogen-bond acceptors (Lipinski definition) is 3. The fourth-order valence-corrected chi connectivity index (χ4v) is 3.92. The lowest BCUT2D eigenvalue weighted by molar-refractivity contribution is 0.230. The lowest BCUT2D eigenvalue weighted by atomic mass is 9.95. The maximum Gasteiger partial charge on any atom is 0.130 e. The third-order valence-electron chi connectivity index (χ3n) is 5.50. The highest BCUT2D eigenvalue weighted by Gasteiger charge is 2.14. The zero-order chi connectivity index (χ0) is 18.9. The van der Waals surface area contributed by atoms with E-state index in [4.69, 9.17) is 4.74 Å². The van der Waals surface area contributed by atoms with E-state index < -0.39 is 0 Å². The third kappa shape index (κ3) is 3.16. The minimum Gasteiger partial charge on any atom is -0.485 e. The molecule has 0 saturated carbocycles. The van der Waals surface area contributed by atoms with Crippen LogP contribution in [0.2, 0.25) is 0 Å². The van der Waals surface area contributed by atoms with Crippen molar-refractivity contribution < 1.29 is 4.74 Å². The van der Waals surface area contributed by atoms with E-state index in [1.54, 1.807) is 0 Å². The predicted molar refractivity (Wildman–Crippen MR) is 112 cm³/mol. The molecule has 2 N–H and O–H groups in total. The molecule has 28 heavy (non-hydrogen) atoms. The molecular weight excluding hydrogens is 346 g/mol. The average Bonchev–Trinajstić information content (AvgIpc) is 3.28. The summed E-state index contributed by atoms with van der Waals surface area (Å²) in [7, 11) is 0. The van der Waals surface area contributed by atoms with Gasteiger partial charge in [0.25, 0.3) is 0 Å². The van der Waals surface area contributed by atoms with Crippen molar-refractivity contribution in [2.24, 2.45) is 0 Å². The predicted octanol–water partition coefficient (Wildman–Crippen LogP) is 5.02. The SMILES string of the molecule is C[C@@H](Oc1cc(-c2ccc3c(c2)CNCC3)cc2ncccc12)c1cc[nH]c1. The number of pyridine rings is 1. The first-order valence-corrected chi connectivity index (χ1v) is 9.79. The highest BCUT2D eigenvalue weighted by atomic mass is 16.5. The molecule has 0 bridgehead atoms. The van der Waals surface area contributed by atoms with Gasteiger partial charge in [-0.15, -0.1) is 0 Å². The number of hydrogen-bond donors (Lipinski definition) is 2.